The minimum atomic E-state index is 0.0591. The summed E-state index contributed by atoms with van der Waals surface area (Å²) in [5, 5.41) is 3.53. The Labute approximate surface area is 110 Å². The van der Waals surface area contributed by atoms with Gasteiger partial charge in [-0.1, -0.05) is 37.2 Å². The van der Waals surface area contributed by atoms with Crippen LogP contribution in [-0.4, -0.2) is 10.5 Å². The van der Waals surface area contributed by atoms with Crippen LogP contribution >= 0.6 is 12.2 Å². The van der Waals surface area contributed by atoms with Crippen LogP contribution in [0.1, 0.15) is 44.7 Å². The molecule has 94 valence electrons. The smallest absolute Gasteiger partial charge is 0.106 e. The van der Waals surface area contributed by atoms with E-state index in [0.717, 1.165) is 24.1 Å². The molecule has 0 saturated carbocycles. The zero-order valence-corrected chi connectivity index (χ0v) is 11.9. The van der Waals surface area contributed by atoms with Crippen LogP contribution in [0.3, 0.4) is 0 Å². The van der Waals surface area contributed by atoms with Crippen LogP contribution in [0.4, 0.5) is 5.69 Å². The third kappa shape index (κ3) is 4.00. The Morgan fingerprint density at radius 1 is 1.41 bits per heavy atom. The van der Waals surface area contributed by atoms with Crippen molar-refractivity contribution in [3.8, 4) is 0 Å². The Morgan fingerprint density at radius 3 is 2.59 bits per heavy atom. The van der Waals surface area contributed by atoms with Gasteiger partial charge >= 0.3 is 0 Å². The van der Waals surface area contributed by atoms with Gasteiger partial charge in [0.05, 0.1) is 0 Å². The molecule has 0 heterocycles. The standard InChI is InChI=1S/C14H22N2S/c1-5-8-14(3,4)16-12-7-6-10(2)9-11(12)13(15)17/h6-7,9,16H,5,8H2,1-4H3,(H2,15,17). The number of nitrogens with one attached hydrogen (secondary N) is 1. The van der Waals surface area contributed by atoms with E-state index in [1.807, 2.05) is 13.0 Å². The number of hydrogen-bond donors (Lipinski definition) is 2. The highest BCUT2D eigenvalue weighted by Crippen LogP contribution is 2.24. The molecule has 0 fully saturated rings. The van der Waals surface area contributed by atoms with Crippen LogP contribution in [0.2, 0.25) is 0 Å². The average Bonchev–Trinajstić information content (AvgIpc) is 2.20. The molecule has 0 radical (unpaired) electrons. The first kappa shape index (κ1) is 14.0. The van der Waals surface area contributed by atoms with Gasteiger partial charge in [-0.2, -0.15) is 0 Å². The van der Waals surface area contributed by atoms with Gasteiger partial charge < -0.3 is 11.1 Å². The van der Waals surface area contributed by atoms with Crippen molar-refractivity contribution < 1.29 is 0 Å². The molecule has 0 aliphatic heterocycles. The maximum atomic E-state index is 5.77. The molecule has 1 aromatic carbocycles. The maximum absolute atomic E-state index is 5.77. The lowest BCUT2D eigenvalue weighted by molar-refractivity contribution is 0.511. The number of aryl methyl sites for hydroxylation is 1. The fourth-order valence-corrected chi connectivity index (χ4v) is 2.19. The van der Waals surface area contributed by atoms with Crippen LogP contribution in [0.25, 0.3) is 0 Å². The van der Waals surface area contributed by atoms with Gasteiger partial charge in [0.1, 0.15) is 4.99 Å². The minimum Gasteiger partial charge on any atom is -0.389 e. The normalized spacial score (nSPS) is 11.3. The Kier molecular flexibility index (Phi) is 4.52. The molecule has 0 atom stereocenters. The van der Waals surface area contributed by atoms with E-state index in [0.29, 0.717) is 4.99 Å². The highest BCUT2D eigenvalue weighted by molar-refractivity contribution is 7.80. The summed E-state index contributed by atoms with van der Waals surface area (Å²) in [5.74, 6) is 0. The number of benzene rings is 1. The lowest BCUT2D eigenvalue weighted by atomic mass is 9.97. The van der Waals surface area contributed by atoms with E-state index >= 15 is 0 Å². The quantitative estimate of drug-likeness (QED) is 0.784. The molecule has 1 aromatic rings. The van der Waals surface area contributed by atoms with E-state index < -0.39 is 0 Å². The highest BCUT2D eigenvalue weighted by atomic mass is 32.1. The van der Waals surface area contributed by atoms with Gasteiger partial charge in [-0.15, -0.1) is 0 Å². The molecule has 3 N–H and O–H groups in total. The molecule has 0 spiro atoms. The molecule has 17 heavy (non-hydrogen) atoms. The van der Waals surface area contributed by atoms with E-state index in [-0.39, 0.29) is 5.54 Å². The summed E-state index contributed by atoms with van der Waals surface area (Å²) in [6, 6.07) is 6.17. The van der Waals surface area contributed by atoms with Gasteiger partial charge in [0.25, 0.3) is 0 Å². The fraction of sp³-hybridized carbons (Fsp3) is 0.500. The molecule has 2 nitrogen and oxygen atoms in total. The lowest BCUT2D eigenvalue weighted by Crippen LogP contribution is -2.31. The average molecular weight is 250 g/mol. The third-order valence-corrected chi connectivity index (χ3v) is 3.01. The van der Waals surface area contributed by atoms with Crippen molar-refractivity contribution in [1.29, 1.82) is 0 Å². The topological polar surface area (TPSA) is 38.0 Å². The molecule has 0 amide bonds. The first-order chi connectivity index (χ1) is 7.85. The molecular weight excluding hydrogens is 228 g/mol. The van der Waals surface area contributed by atoms with E-state index in [1.165, 1.54) is 5.56 Å². The lowest BCUT2D eigenvalue weighted by Gasteiger charge is -2.28. The summed E-state index contributed by atoms with van der Waals surface area (Å²) in [7, 11) is 0. The molecule has 0 aliphatic carbocycles. The van der Waals surface area contributed by atoms with Gasteiger partial charge in [-0.3, -0.25) is 0 Å². The van der Waals surface area contributed by atoms with Gasteiger partial charge in [0, 0.05) is 16.8 Å². The van der Waals surface area contributed by atoms with Crippen LogP contribution in [0, 0.1) is 6.92 Å². The Bertz CT molecular complexity index is 411. The maximum Gasteiger partial charge on any atom is 0.106 e. The first-order valence-corrected chi connectivity index (χ1v) is 6.45. The molecule has 0 aliphatic rings. The number of rotatable bonds is 5. The van der Waals surface area contributed by atoms with E-state index in [1.54, 1.807) is 0 Å². The molecule has 3 heteroatoms. The van der Waals surface area contributed by atoms with E-state index in [4.69, 9.17) is 18.0 Å². The monoisotopic (exact) mass is 250 g/mol. The summed E-state index contributed by atoms with van der Waals surface area (Å²) in [6.45, 7) is 8.62. The van der Waals surface area contributed by atoms with Crippen LogP contribution in [-0.2, 0) is 0 Å². The number of anilines is 1. The molecule has 0 aromatic heterocycles. The van der Waals surface area contributed by atoms with Crippen LogP contribution in [0.5, 0.6) is 0 Å². The Balaban J connectivity index is 3.02. The third-order valence-electron chi connectivity index (χ3n) is 2.79. The first-order valence-electron chi connectivity index (χ1n) is 6.04. The second kappa shape index (κ2) is 5.50. The van der Waals surface area contributed by atoms with Crippen molar-refractivity contribution in [2.45, 2.75) is 46.1 Å². The summed E-state index contributed by atoms with van der Waals surface area (Å²) in [4.78, 5) is 0.448. The fourth-order valence-electron chi connectivity index (χ4n) is 2.02. The number of nitrogens with two attached hydrogens (primary N) is 1. The van der Waals surface area contributed by atoms with E-state index in [2.05, 4.69) is 38.2 Å². The summed E-state index contributed by atoms with van der Waals surface area (Å²) < 4.78 is 0. The zero-order chi connectivity index (χ0) is 13.1. The second-order valence-corrected chi connectivity index (χ2v) is 5.61. The van der Waals surface area contributed by atoms with Gasteiger partial charge in [0.2, 0.25) is 0 Å². The van der Waals surface area contributed by atoms with Crippen molar-refractivity contribution in [3.05, 3.63) is 29.3 Å². The largest absolute Gasteiger partial charge is 0.389 e. The highest BCUT2D eigenvalue weighted by Gasteiger charge is 2.18. The minimum absolute atomic E-state index is 0.0591. The molecule has 1 rings (SSSR count). The molecular formula is C14H22N2S. The van der Waals surface area contributed by atoms with Crippen LogP contribution < -0.4 is 11.1 Å². The second-order valence-electron chi connectivity index (χ2n) is 5.17. The summed E-state index contributed by atoms with van der Waals surface area (Å²) in [6.07, 6.45) is 2.26. The molecule has 0 bridgehead atoms. The summed E-state index contributed by atoms with van der Waals surface area (Å²) in [5.41, 5.74) is 8.96. The van der Waals surface area contributed by atoms with E-state index in [9.17, 15) is 0 Å². The van der Waals surface area contributed by atoms with Crippen molar-refractivity contribution >= 4 is 22.9 Å². The zero-order valence-electron chi connectivity index (χ0n) is 11.1. The van der Waals surface area contributed by atoms with Crippen molar-refractivity contribution in [2.75, 3.05) is 5.32 Å². The molecule has 0 saturated heterocycles. The predicted octanol–water partition coefficient (Wildman–Crippen LogP) is 3.62. The molecule has 0 unspecified atom stereocenters. The predicted molar refractivity (Wildman–Crippen MR) is 79.7 cm³/mol. The van der Waals surface area contributed by atoms with Crippen molar-refractivity contribution in [1.82, 2.24) is 0 Å². The number of hydrogen-bond acceptors (Lipinski definition) is 2. The van der Waals surface area contributed by atoms with Gasteiger partial charge in [-0.25, -0.2) is 0 Å². The van der Waals surface area contributed by atoms with Crippen molar-refractivity contribution in [2.24, 2.45) is 5.73 Å². The van der Waals surface area contributed by atoms with Crippen LogP contribution in [0.15, 0.2) is 18.2 Å². The van der Waals surface area contributed by atoms with Gasteiger partial charge in [0.15, 0.2) is 0 Å². The summed E-state index contributed by atoms with van der Waals surface area (Å²) >= 11 is 5.10. The van der Waals surface area contributed by atoms with Gasteiger partial charge in [-0.05, 0) is 39.3 Å². The van der Waals surface area contributed by atoms with Crippen molar-refractivity contribution in [3.63, 3.8) is 0 Å². The number of thiocarbonyl (C=S) groups is 1. The Morgan fingerprint density at radius 2 is 2.06 bits per heavy atom. The SMILES string of the molecule is CCCC(C)(C)Nc1ccc(C)cc1C(N)=S. The Hall–Kier alpha value is -1.09.